The quantitative estimate of drug-likeness (QED) is 0.172. The second-order valence-electron chi connectivity index (χ2n) is 18.1. The molecule has 0 amide bonds. The Hall–Kier alpha value is -7.94. The van der Waals surface area contributed by atoms with Crippen LogP contribution in [-0.4, -0.2) is 4.57 Å². The van der Waals surface area contributed by atoms with Crippen molar-refractivity contribution in [1.82, 2.24) is 4.57 Å². The Bertz CT molecular complexity index is 4010. The van der Waals surface area contributed by atoms with Crippen molar-refractivity contribution >= 4 is 49.6 Å². The van der Waals surface area contributed by atoms with Crippen LogP contribution in [0, 0.1) is 0 Å². The summed E-state index contributed by atoms with van der Waals surface area (Å²) in [6.07, 6.45) is 0. The molecule has 0 bridgehead atoms. The topological polar surface area (TPSA) is 8.17 Å². The van der Waals surface area contributed by atoms with E-state index < -0.39 is 5.41 Å². The highest BCUT2D eigenvalue weighted by molar-refractivity contribution is 6.11. The molecule has 1 aromatic heterocycles. The van der Waals surface area contributed by atoms with Gasteiger partial charge in [0.1, 0.15) is 0 Å². The van der Waals surface area contributed by atoms with Crippen molar-refractivity contribution in [2.45, 2.75) is 24.7 Å². The Morgan fingerprint density at radius 2 is 0.984 bits per heavy atom. The molecule has 3 aliphatic carbocycles. The van der Waals surface area contributed by atoms with Gasteiger partial charge in [-0.3, -0.25) is 0 Å². The van der Waals surface area contributed by atoms with Crippen LogP contribution in [0.4, 0.5) is 17.1 Å². The molecule has 0 fully saturated rings. The summed E-state index contributed by atoms with van der Waals surface area (Å²) < 4.78 is 39.8. The number of anilines is 3. The Balaban J connectivity index is 1.10. The van der Waals surface area contributed by atoms with Gasteiger partial charge in [-0.2, -0.15) is 0 Å². The molecule has 0 saturated carbocycles. The Labute approximate surface area is 378 Å². The fraction of sp³-hybridized carbons (Fsp3) is 0.0645. The summed E-state index contributed by atoms with van der Waals surface area (Å²) in [5, 5.41) is 4.54. The first-order valence-electron chi connectivity index (χ1n) is 24.2. The highest BCUT2D eigenvalue weighted by Gasteiger charge is 2.50. The van der Waals surface area contributed by atoms with Gasteiger partial charge in [-0.25, -0.2) is 0 Å². The van der Waals surface area contributed by atoms with E-state index in [9.17, 15) is 4.11 Å². The van der Waals surface area contributed by atoms with Crippen molar-refractivity contribution in [1.29, 1.82) is 0 Å². The van der Waals surface area contributed by atoms with E-state index in [-0.39, 0.29) is 29.6 Å². The van der Waals surface area contributed by atoms with Gasteiger partial charge in [0.05, 0.1) is 21.9 Å². The molecular weight excluding hydrogens is 773 g/mol. The summed E-state index contributed by atoms with van der Waals surface area (Å²) in [5.74, 6) is 0. The van der Waals surface area contributed by atoms with E-state index in [1.807, 2.05) is 18.2 Å². The third-order valence-corrected chi connectivity index (χ3v) is 14.7. The molecular formula is C62H42N2. The average molecular weight is 819 g/mol. The van der Waals surface area contributed by atoms with Crippen LogP contribution in [0.15, 0.2) is 218 Å². The first kappa shape index (κ1) is 31.8. The summed E-state index contributed by atoms with van der Waals surface area (Å²) in [6.45, 7) is 4.65. The maximum Gasteiger partial charge on any atom is 0.0726 e. The molecule has 1 atom stereocenters. The summed E-state index contributed by atoms with van der Waals surface area (Å²) in [6, 6.07) is 69.2. The lowest BCUT2D eigenvalue weighted by Crippen LogP contribution is -2.32. The van der Waals surface area contributed by atoms with Gasteiger partial charge in [0.25, 0.3) is 0 Å². The fourth-order valence-corrected chi connectivity index (χ4v) is 12.0. The molecule has 1 heterocycles. The summed E-state index contributed by atoms with van der Waals surface area (Å²) in [7, 11) is 0. The number of hydrogen-bond acceptors (Lipinski definition) is 1. The molecule has 0 aliphatic heterocycles. The highest BCUT2D eigenvalue weighted by atomic mass is 15.1. The summed E-state index contributed by atoms with van der Waals surface area (Å²) in [5.41, 5.74) is 17.2. The molecule has 0 saturated heterocycles. The van der Waals surface area contributed by atoms with E-state index >= 15 is 0 Å². The van der Waals surface area contributed by atoms with E-state index in [0.29, 0.717) is 11.1 Å². The average Bonchev–Trinajstić information content (AvgIpc) is 3.96. The van der Waals surface area contributed by atoms with Crippen molar-refractivity contribution in [3.05, 3.63) is 252 Å². The monoisotopic (exact) mass is 818 g/mol. The van der Waals surface area contributed by atoms with Crippen LogP contribution in [0.5, 0.6) is 0 Å². The Kier molecular flexibility index (Phi) is 6.37. The largest absolute Gasteiger partial charge is 0.310 e. The van der Waals surface area contributed by atoms with Crippen molar-refractivity contribution < 1.29 is 5.48 Å². The predicted molar refractivity (Wildman–Crippen MR) is 267 cm³/mol. The van der Waals surface area contributed by atoms with Crippen molar-refractivity contribution in [2.24, 2.45) is 0 Å². The second kappa shape index (κ2) is 12.8. The Morgan fingerprint density at radius 1 is 0.406 bits per heavy atom. The third kappa shape index (κ3) is 4.54. The molecule has 14 rings (SSSR count). The summed E-state index contributed by atoms with van der Waals surface area (Å²) in [4.78, 5) is 2.39. The van der Waals surface area contributed by atoms with Crippen LogP contribution in [0.1, 0.15) is 52.7 Å². The molecule has 0 N–H and O–H groups in total. The number of rotatable bonds is 4. The van der Waals surface area contributed by atoms with Gasteiger partial charge in [0, 0.05) is 38.9 Å². The van der Waals surface area contributed by atoms with Crippen LogP contribution >= 0.6 is 0 Å². The third-order valence-electron chi connectivity index (χ3n) is 14.7. The van der Waals surface area contributed by atoms with Gasteiger partial charge in [-0.1, -0.05) is 178 Å². The van der Waals surface area contributed by atoms with Gasteiger partial charge in [-0.15, -0.1) is 0 Å². The number of fused-ring (bicyclic) bond motifs is 15. The minimum absolute atomic E-state index is 0.0126. The number of benzene rings is 10. The minimum Gasteiger partial charge on any atom is -0.310 e. The van der Waals surface area contributed by atoms with Crippen LogP contribution in [0.3, 0.4) is 0 Å². The maximum atomic E-state index is 9.85. The van der Waals surface area contributed by atoms with E-state index in [4.69, 9.17) is 1.37 Å². The van der Waals surface area contributed by atoms with E-state index in [2.05, 4.69) is 199 Å². The van der Waals surface area contributed by atoms with Gasteiger partial charge >= 0.3 is 0 Å². The van der Waals surface area contributed by atoms with Gasteiger partial charge < -0.3 is 9.47 Å². The molecule has 1 spiro atoms. The lowest BCUT2D eigenvalue weighted by atomic mass is 9.61. The van der Waals surface area contributed by atoms with Gasteiger partial charge in [-0.05, 0) is 132 Å². The zero-order chi connectivity index (χ0) is 45.8. The van der Waals surface area contributed by atoms with Crippen LogP contribution in [0.2, 0.25) is 0 Å². The normalized spacial score (nSPS) is 16.7. The molecule has 0 radical (unpaired) electrons. The van der Waals surface area contributed by atoms with Crippen molar-refractivity contribution in [2.75, 3.05) is 4.90 Å². The molecule has 2 nitrogen and oxygen atoms in total. The van der Waals surface area contributed by atoms with E-state index in [1.165, 1.54) is 33.0 Å². The number of aromatic nitrogens is 1. The molecule has 2 heteroatoms. The number of para-hydroxylation sites is 2. The minimum atomic E-state index is -1.07. The van der Waals surface area contributed by atoms with E-state index in [0.717, 1.165) is 77.9 Å². The lowest BCUT2D eigenvalue weighted by Gasteiger charge is -2.41. The Morgan fingerprint density at radius 3 is 1.81 bits per heavy atom. The first-order chi connectivity index (χ1) is 33.2. The van der Waals surface area contributed by atoms with E-state index in [1.54, 1.807) is 0 Å². The molecule has 11 aromatic rings. The fourth-order valence-electron chi connectivity index (χ4n) is 12.0. The van der Waals surface area contributed by atoms with Gasteiger partial charge in [0.2, 0.25) is 0 Å². The summed E-state index contributed by atoms with van der Waals surface area (Å²) >= 11 is 0. The van der Waals surface area contributed by atoms with Gasteiger partial charge in [0.15, 0.2) is 0 Å². The molecule has 1 unspecified atom stereocenters. The van der Waals surface area contributed by atoms with Crippen LogP contribution < -0.4 is 4.90 Å². The van der Waals surface area contributed by atoms with Crippen molar-refractivity contribution in [3.63, 3.8) is 0 Å². The second-order valence-corrected chi connectivity index (χ2v) is 18.1. The van der Waals surface area contributed by atoms with Crippen LogP contribution in [-0.2, 0) is 10.8 Å². The SMILES string of the molecule is [2H]c1c([2H])c([2H])c2c(c1[2H])-c1ccccc1C21c2cc(N(c3ccc4c(c3)C(C)(C)c3ccccc3-4)c3ccc4c5ccccc5n(-c5ccccc5)c4c3)ccc2-c2cccc3cccc1c23. The molecule has 64 heavy (non-hydrogen) atoms. The van der Waals surface area contributed by atoms with Crippen LogP contribution in [0.25, 0.3) is 71.6 Å². The zero-order valence-electron chi connectivity index (χ0n) is 39.4. The molecule has 10 aromatic carbocycles. The first-order valence-corrected chi connectivity index (χ1v) is 22.2. The van der Waals surface area contributed by atoms with Crippen molar-refractivity contribution in [3.8, 4) is 39.1 Å². The number of hydrogen-bond donors (Lipinski definition) is 0. The maximum absolute atomic E-state index is 9.85. The zero-order valence-corrected chi connectivity index (χ0v) is 35.4. The smallest absolute Gasteiger partial charge is 0.0726 e. The number of nitrogens with zero attached hydrogens (tertiary/aromatic N) is 2. The standard InChI is InChI=1S/C62H42N2/c1-61(2)52-25-10-6-20-44(52)47-33-30-41(36-56(47)61)63(43-32-35-50-49-23-9-13-29-58(49)64(59(50)38-43)40-18-4-3-5-19-40)42-31-34-48-51-24-14-16-39-17-15-28-55(60(39)51)62(57(48)37-42)53-26-11-7-21-45(53)46-22-8-12-27-54(46)62/h3-38H,1-2H3/i7D,11D,21D,26D. The highest BCUT2D eigenvalue weighted by Crippen LogP contribution is 2.62. The predicted octanol–water partition coefficient (Wildman–Crippen LogP) is 16.1. The lowest BCUT2D eigenvalue weighted by molar-refractivity contribution is 0.660. The molecule has 3 aliphatic rings. The molecule has 300 valence electrons.